The van der Waals surface area contributed by atoms with Crippen molar-refractivity contribution >= 4 is 11.8 Å². The zero-order valence-electron chi connectivity index (χ0n) is 10.9. The van der Waals surface area contributed by atoms with Crippen LogP contribution in [0.5, 0.6) is 0 Å². The molecule has 1 aliphatic rings. The van der Waals surface area contributed by atoms with Crippen LogP contribution in [0.4, 0.5) is 0 Å². The van der Waals surface area contributed by atoms with Crippen molar-refractivity contribution in [2.75, 3.05) is 24.6 Å². The summed E-state index contributed by atoms with van der Waals surface area (Å²) in [5.41, 5.74) is 21.9. The monoisotopic (exact) mass is 262 g/mol. The molecule has 1 fully saturated rings. The lowest BCUT2D eigenvalue weighted by Gasteiger charge is -2.22. The minimum absolute atomic E-state index is 0.440. The van der Waals surface area contributed by atoms with E-state index in [1.54, 1.807) is 0 Å². The highest BCUT2D eigenvalue weighted by molar-refractivity contribution is 7.99. The lowest BCUT2D eigenvalue weighted by molar-refractivity contribution is 0.395. The maximum Gasteiger partial charge on any atom is 0.00399 e. The summed E-state index contributed by atoms with van der Waals surface area (Å²) in [6.07, 6.45) is 6.77. The van der Waals surface area contributed by atoms with Gasteiger partial charge in [0.2, 0.25) is 0 Å². The highest BCUT2D eigenvalue weighted by atomic mass is 32.2. The van der Waals surface area contributed by atoms with Crippen LogP contribution in [0.2, 0.25) is 0 Å². The Bertz CT molecular complexity index is 133. The second-order valence-corrected chi connectivity index (χ2v) is 5.80. The van der Waals surface area contributed by atoms with Gasteiger partial charge in [-0.2, -0.15) is 11.8 Å². The van der Waals surface area contributed by atoms with Crippen LogP contribution in [0.1, 0.15) is 38.5 Å². The lowest BCUT2D eigenvalue weighted by Crippen LogP contribution is -2.33. The standard InChI is InChI=1S/C6H16N2S.C6H14N2/c7-3-1-5-9-6-2-4-8;7-5-1-2-6(8)4-3-5/h1-8H2;5-6H,1-4,7-8H2. The Hall–Kier alpha value is 0.190. The number of hydrogen-bond acceptors (Lipinski definition) is 5. The zero-order chi connectivity index (χ0) is 12.9. The first-order valence-electron chi connectivity index (χ1n) is 6.69. The van der Waals surface area contributed by atoms with E-state index in [-0.39, 0.29) is 0 Å². The topological polar surface area (TPSA) is 104 Å². The number of rotatable bonds is 6. The molecule has 1 rings (SSSR count). The largest absolute Gasteiger partial charge is 0.330 e. The Morgan fingerprint density at radius 3 is 1.41 bits per heavy atom. The summed E-state index contributed by atoms with van der Waals surface area (Å²) in [6, 6.07) is 0.879. The highest BCUT2D eigenvalue weighted by Gasteiger charge is 2.13. The van der Waals surface area contributed by atoms with Gasteiger partial charge in [0.25, 0.3) is 0 Å². The van der Waals surface area contributed by atoms with Gasteiger partial charge in [0.05, 0.1) is 0 Å². The molecule has 4 nitrogen and oxygen atoms in total. The van der Waals surface area contributed by atoms with E-state index in [4.69, 9.17) is 22.9 Å². The Kier molecular flexibility index (Phi) is 12.8. The minimum atomic E-state index is 0.440. The third-order valence-electron chi connectivity index (χ3n) is 2.80. The van der Waals surface area contributed by atoms with Crippen molar-refractivity contribution in [1.82, 2.24) is 0 Å². The van der Waals surface area contributed by atoms with Crippen molar-refractivity contribution in [2.24, 2.45) is 22.9 Å². The van der Waals surface area contributed by atoms with E-state index in [9.17, 15) is 0 Å². The summed E-state index contributed by atoms with van der Waals surface area (Å²) in [6.45, 7) is 1.63. The van der Waals surface area contributed by atoms with Gasteiger partial charge < -0.3 is 22.9 Å². The second kappa shape index (κ2) is 12.6. The third-order valence-corrected chi connectivity index (χ3v) is 3.96. The molecule has 0 aromatic carbocycles. The van der Waals surface area contributed by atoms with Crippen molar-refractivity contribution in [3.05, 3.63) is 0 Å². The highest BCUT2D eigenvalue weighted by Crippen LogP contribution is 2.14. The summed E-state index contributed by atoms with van der Waals surface area (Å²) in [4.78, 5) is 0. The van der Waals surface area contributed by atoms with Crippen molar-refractivity contribution < 1.29 is 0 Å². The van der Waals surface area contributed by atoms with Crippen molar-refractivity contribution in [1.29, 1.82) is 0 Å². The van der Waals surface area contributed by atoms with Gasteiger partial charge >= 0.3 is 0 Å². The van der Waals surface area contributed by atoms with E-state index in [0.29, 0.717) is 12.1 Å². The molecule has 17 heavy (non-hydrogen) atoms. The molecule has 0 aromatic rings. The summed E-state index contributed by atoms with van der Waals surface area (Å²) < 4.78 is 0. The fourth-order valence-electron chi connectivity index (χ4n) is 1.62. The SMILES string of the molecule is NC1CCC(N)CC1.NCCCSCCCN. The smallest absolute Gasteiger partial charge is 0.00399 e. The molecular weight excluding hydrogens is 232 g/mol. The molecule has 0 bridgehead atoms. The summed E-state index contributed by atoms with van der Waals surface area (Å²) in [5, 5.41) is 0. The third kappa shape index (κ3) is 12.4. The minimum Gasteiger partial charge on any atom is -0.330 e. The summed E-state index contributed by atoms with van der Waals surface area (Å²) in [7, 11) is 0. The van der Waals surface area contributed by atoms with Gasteiger partial charge in [-0.3, -0.25) is 0 Å². The van der Waals surface area contributed by atoms with Gasteiger partial charge in [-0.1, -0.05) is 0 Å². The molecule has 0 spiro atoms. The first-order valence-corrected chi connectivity index (χ1v) is 7.85. The van der Waals surface area contributed by atoms with Gasteiger partial charge in [0.1, 0.15) is 0 Å². The molecule has 0 amide bonds. The first-order chi connectivity index (χ1) is 8.20. The predicted molar refractivity (Wildman–Crippen MR) is 79.1 cm³/mol. The molecule has 0 aromatic heterocycles. The van der Waals surface area contributed by atoms with E-state index in [2.05, 4.69) is 0 Å². The normalized spacial score (nSPS) is 24.0. The first kappa shape index (κ1) is 17.2. The van der Waals surface area contributed by atoms with Gasteiger partial charge in [0.15, 0.2) is 0 Å². The van der Waals surface area contributed by atoms with Gasteiger partial charge in [0, 0.05) is 12.1 Å². The number of thioether (sulfide) groups is 1. The van der Waals surface area contributed by atoms with Gasteiger partial charge in [-0.05, 0) is 63.1 Å². The fraction of sp³-hybridized carbons (Fsp3) is 1.00. The Morgan fingerprint density at radius 1 is 0.765 bits per heavy atom. The average molecular weight is 262 g/mol. The Balaban J connectivity index is 0.000000302. The van der Waals surface area contributed by atoms with Gasteiger partial charge in [-0.15, -0.1) is 0 Å². The molecule has 0 saturated heterocycles. The van der Waals surface area contributed by atoms with E-state index in [1.165, 1.54) is 11.5 Å². The van der Waals surface area contributed by atoms with E-state index in [0.717, 1.165) is 51.6 Å². The fourth-order valence-corrected chi connectivity index (χ4v) is 2.56. The number of nitrogens with two attached hydrogens (primary N) is 4. The number of hydrogen-bond donors (Lipinski definition) is 4. The molecule has 0 aliphatic heterocycles. The van der Waals surface area contributed by atoms with Crippen LogP contribution in [0.15, 0.2) is 0 Å². The summed E-state index contributed by atoms with van der Waals surface area (Å²) >= 11 is 1.94. The molecule has 8 N–H and O–H groups in total. The van der Waals surface area contributed by atoms with Crippen molar-refractivity contribution in [2.45, 2.75) is 50.6 Å². The maximum atomic E-state index is 5.64. The molecule has 0 unspecified atom stereocenters. The van der Waals surface area contributed by atoms with E-state index >= 15 is 0 Å². The zero-order valence-corrected chi connectivity index (χ0v) is 11.8. The lowest BCUT2D eigenvalue weighted by atomic mass is 9.93. The molecule has 104 valence electrons. The predicted octanol–water partition coefficient (Wildman–Crippen LogP) is 0.632. The van der Waals surface area contributed by atoms with Crippen LogP contribution in [0.3, 0.4) is 0 Å². The summed E-state index contributed by atoms with van der Waals surface area (Å²) in [5.74, 6) is 2.38. The van der Waals surface area contributed by atoms with Crippen LogP contribution in [0.25, 0.3) is 0 Å². The van der Waals surface area contributed by atoms with Crippen LogP contribution < -0.4 is 22.9 Å². The average Bonchev–Trinajstić information content (AvgIpc) is 2.34. The van der Waals surface area contributed by atoms with Crippen LogP contribution in [0, 0.1) is 0 Å². The maximum absolute atomic E-state index is 5.64. The van der Waals surface area contributed by atoms with Gasteiger partial charge in [-0.25, -0.2) is 0 Å². The van der Waals surface area contributed by atoms with Crippen LogP contribution in [-0.4, -0.2) is 36.7 Å². The van der Waals surface area contributed by atoms with Crippen molar-refractivity contribution in [3.63, 3.8) is 0 Å². The molecular formula is C12H30N4S. The van der Waals surface area contributed by atoms with Crippen LogP contribution in [-0.2, 0) is 0 Å². The molecule has 1 aliphatic carbocycles. The van der Waals surface area contributed by atoms with E-state index in [1.807, 2.05) is 11.8 Å². The molecule has 1 saturated carbocycles. The quantitative estimate of drug-likeness (QED) is 0.526. The Morgan fingerprint density at radius 2 is 1.12 bits per heavy atom. The van der Waals surface area contributed by atoms with E-state index < -0.39 is 0 Å². The van der Waals surface area contributed by atoms with Crippen molar-refractivity contribution in [3.8, 4) is 0 Å². The molecule has 0 radical (unpaired) electrons. The second-order valence-electron chi connectivity index (χ2n) is 4.57. The molecule has 5 heteroatoms. The molecule has 0 heterocycles. The molecule has 0 atom stereocenters. The van der Waals surface area contributed by atoms with Crippen LogP contribution >= 0.6 is 11.8 Å². The Labute approximate surface area is 110 Å².